The van der Waals surface area contributed by atoms with E-state index in [-0.39, 0.29) is 0 Å². The molecule has 0 fully saturated rings. The van der Waals surface area contributed by atoms with Gasteiger partial charge >= 0.3 is 0 Å². The predicted octanol–water partition coefficient (Wildman–Crippen LogP) is 1.76. The van der Waals surface area contributed by atoms with Crippen molar-refractivity contribution < 1.29 is 4.42 Å². The third-order valence-corrected chi connectivity index (χ3v) is 2.32. The van der Waals surface area contributed by atoms with Crippen LogP contribution in [0, 0.1) is 0 Å². The summed E-state index contributed by atoms with van der Waals surface area (Å²) in [4.78, 5) is 0. The van der Waals surface area contributed by atoms with E-state index in [1.807, 2.05) is 6.07 Å². The minimum absolute atomic E-state index is 0.616. The maximum atomic E-state index is 4.97. The highest BCUT2D eigenvalue weighted by atomic mass is 16.3. The molecule has 0 spiro atoms. The lowest BCUT2D eigenvalue weighted by Crippen LogP contribution is -2.32. The smallest absolute Gasteiger partial charge is 0.0947 e. The Labute approximate surface area is 85.9 Å². The molecule has 0 aromatic carbocycles. The van der Waals surface area contributed by atoms with Crippen molar-refractivity contribution in [2.45, 2.75) is 32.9 Å². The standard InChI is InChI=1S/C11H20N2O/c1-3-10(2)13-6-5-12-8-11-4-7-14-9-11/h4,7,9-10,12-13H,3,5-6,8H2,1-2H3. The minimum Gasteiger partial charge on any atom is -0.472 e. The molecule has 1 atom stereocenters. The van der Waals surface area contributed by atoms with E-state index >= 15 is 0 Å². The van der Waals surface area contributed by atoms with Crippen molar-refractivity contribution >= 4 is 0 Å². The summed E-state index contributed by atoms with van der Waals surface area (Å²) in [5.74, 6) is 0. The zero-order valence-corrected chi connectivity index (χ0v) is 9.05. The molecule has 0 aliphatic rings. The summed E-state index contributed by atoms with van der Waals surface area (Å²) in [5.41, 5.74) is 1.20. The van der Waals surface area contributed by atoms with Crippen LogP contribution in [0.2, 0.25) is 0 Å². The van der Waals surface area contributed by atoms with Gasteiger partial charge in [-0.2, -0.15) is 0 Å². The monoisotopic (exact) mass is 196 g/mol. The van der Waals surface area contributed by atoms with Crippen LogP contribution in [0.15, 0.2) is 23.0 Å². The van der Waals surface area contributed by atoms with Crippen LogP contribution in [-0.4, -0.2) is 19.1 Å². The largest absolute Gasteiger partial charge is 0.472 e. The number of hydrogen-bond acceptors (Lipinski definition) is 3. The van der Waals surface area contributed by atoms with Crippen LogP contribution in [0.4, 0.5) is 0 Å². The first kappa shape index (κ1) is 11.3. The molecule has 14 heavy (non-hydrogen) atoms. The number of furan rings is 1. The molecule has 0 bridgehead atoms. The summed E-state index contributed by atoms with van der Waals surface area (Å²) >= 11 is 0. The Balaban J connectivity index is 1.95. The Hall–Kier alpha value is -0.800. The van der Waals surface area contributed by atoms with Crippen LogP contribution < -0.4 is 10.6 Å². The highest BCUT2D eigenvalue weighted by Crippen LogP contribution is 1.97. The molecule has 0 saturated heterocycles. The summed E-state index contributed by atoms with van der Waals surface area (Å²) < 4.78 is 4.97. The Bertz CT molecular complexity index is 221. The topological polar surface area (TPSA) is 37.2 Å². The van der Waals surface area contributed by atoms with Gasteiger partial charge in [-0.05, 0) is 19.4 Å². The van der Waals surface area contributed by atoms with Crippen LogP contribution in [0.5, 0.6) is 0 Å². The first-order chi connectivity index (χ1) is 6.83. The summed E-state index contributed by atoms with van der Waals surface area (Å²) in [6.07, 6.45) is 4.66. The summed E-state index contributed by atoms with van der Waals surface area (Å²) in [6, 6.07) is 2.60. The molecule has 1 unspecified atom stereocenters. The average Bonchev–Trinajstić information content (AvgIpc) is 2.69. The van der Waals surface area contributed by atoms with Crippen LogP contribution in [0.3, 0.4) is 0 Å². The van der Waals surface area contributed by atoms with Gasteiger partial charge in [0.1, 0.15) is 0 Å². The van der Waals surface area contributed by atoms with E-state index < -0.39 is 0 Å². The maximum absolute atomic E-state index is 4.97. The molecule has 0 aliphatic heterocycles. The molecule has 0 aliphatic carbocycles. The Morgan fingerprint density at radius 3 is 2.93 bits per heavy atom. The Morgan fingerprint density at radius 1 is 1.43 bits per heavy atom. The maximum Gasteiger partial charge on any atom is 0.0947 e. The normalized spacial score (nSPS) is 13.0. The minimum atomic E-state index is 0.616. The van der Waals surface area contributed by atoms with E-state index in [0.717, 1.165) is 19.6 Å². The second-order valence-corrected chi connectivity index (χ2v) is 3.57. The summed E-state index contributed by atoms with van der Waals surface area (Å²) in [5, 5.41) is 6.77. The average molecular weight is 196 g/mol. The van der Waals surface area contributed by atoms with E-state index in [1.165, 1.54) is 12.0 Å². The molecular formula is C11H20N2O. The molecular weight excluding hydrogens is 176 g/mol. The lowest BCUT2D eigenvalue weighted by Gasteiger charge is -2.11. The van der Waals surface area contributed by atoms with Crippen molar-refractivity contribution in [1.82, 2.24) is 10.6 Å². The fourth-order valence-corrected chi connectivity index (χ4v) is 1.18. The molecule has 1 aromatic rings. The highest BCUT2D eigenvalue weighted by molar-refractivity contribution is 5.04. The van der Waals surface area contributed by atoms with Gasteiger partial charge in [0.05, 0.1) is 12.5 Å². The first-order valence-electron chi connectivity index (χ1n) is 5.28. The number of hydrogen-bond donors (Lipinski definition) is 2. The second-order valence-electron chi connectivity index (χ2n) is 3.57. The van der Waals surface area contributed by atoms with Gasteiger partial charge < -0.3 is 15.1 Å². The first-order valence-corrected chi connectivity index (χ1v) is 5.28. The molecule has 0 saturated carbocycles. The van der Waals surface area contributed by atoms with Gasteiger partial charge in [-0.25, -0.2) is 0 Å². The van der Waals surface area contributed by atoms with Crippen molar-refractivity contribution in [2.24, 2.45) is 0 Å². The van der Waals surface area contributed by atoms with Gasteiger partial charge in [0.2, 0.25) is 0 Å². The SMILES string of the molecule is CCC(C)NCCNCc1ccoc1. The number of rotatable bonds is 7. The fourth-order valence-electron chi connectivity index (χ4n) is 1.18. The van der Waals surface area contributed by atoms with Crippen molar-refractivity contribution in [2.75, 3.05) is 13.1 Å². The number of nitrogens with one attached hydrogen (secondary N) is 2. The Morgan fingerprint density at radius 2 is 2.29 bits per heavy atom. The van der Waals surface area contributed by atoms with Crippen molar-refractivity contribution in [3.05, 3.63) is 24.2 Å². The van der Waals surface area contributed by atoms with E-state index in [0.29, 0.717) is 6.04 Å². The highest BCUT2D eigenvalue weighted by Gasteiger charge is 1.96. The molecule has 2 N–H and O–H groups in total. The van der Waals surface area contributed by atoms with Gasteiger partial charge in [-0.15, -0.1) is 0 Å². The van der Waals surface area contributed by atoms with Crippen LogP contribution in [0.1, 0.15) is 25.8 Å². The van der Waals surface area contributed by atoms with E-state index in [9.17, 15) is 0 Å². The van der Waals surface area contributed by atoms with Crippen molar-refractivity contribution in [3.63, 3.8) is 0 Å². The quantitative estimate of drug-likeness (QED) is 0.652. The molecule has 1 rings (SSSR count). The third-order valence-electron chi connectivity index (χ3n) is 2.32. The molecule has 0 radical (unpaired) electrons. The van der Waals surface area contributed by atoms with Gasteiger partial charge in [-0.1, -0.05) is 6.92 Å². The van der Waals surface area contributed by atoms with E-state index in [1.54, 1.807) is 12.5 Å². The van der Waals surface area contributed by atoms with Crippen molar-refractivity contribution in [3.8, 4) is 0 Å². The fraction of sp³-hybridized carbons (Fsp3) is 0.636. The summed E-state index contributed by atoms with van der Waals surface area (Å²) in [6.45, 7) is 7.30. The molecule has 0 amide bonds. The van der Waals surface area contributed by atoms with Gasteiger partial charge in [-0.3, -0.25) is 0 Å². The second kappa shape index (κ2) is 6.62. The van der Waals surface area contributed by atoms with Gasteiger partial charge in [0.15, 0.2) is 0 Å². The van der Waals surface area contributed by atoms with E-state index in [4.69, 9.17) is 4.42 Å². The van der Waals surface area contributed by atoms with Crippen LogP contribution in [0.25, 0.3) is 0 Å². The molecule has 3 heteroatoms. The molecule has 3 nitrogen and oxygen atoms in total. The van der Waals surface area contributed by atoms with Crippen LogP contribution >= 0.6 is 0 Å². The molecule has 1 aromatic heterocycles. The lowest BCUT2D eigenvalue weighted by atomic mass is 10.2. The van der Waals surface area contributed by atoms with E-state index in [2.05, 4.69) is 24.5 Å². The van der Waals surface area contributed by atoms with Gasteiger partial charge in [0.25, 0.3) is 0 Å². The van der Waals surface area contributed by atoms with Crippen LogP contribution in [-0.2, 0) is 6.54 Å². The Kier molecular flexibility index (Phi) is 5.33. The molecule has 1 heterocycles. The summed E-state index contributed by atoms with van der Waals surface area (Å²) in [7, 11) is 0. The predicted molar refractivity (Wildman–Crippen MR) is 58.2 cm³/mol. The van der Waals surface area contributed by atoms with Gasteiger partial charge in [0, 0.05) is 31.2 Å². The molecule has 80 valence electrons. The van der Waals surface area contributed by atoms with Crippen molar-refractivity contribution in [1.29, 1.82) is 0 Å². The third kappa shape index (κ3) is 4.44. The zero-order chi connectivity index (χ0) is 10.2. The zero-order valence-electron chi connectivity index (χ0n) is 9.05. The lowest BCUT2D eigenvalue weighted by molar-refractivity contribution is 0.515.